The van der Waals surface area contributed by atoms with Crippen LogP contribution in [0, 0.1) is 0 Å². The minimum atomic E-state index is -4.44. The second-order valence-electron chi connectivity index (χ2n) is 8.10. The van der Waals surface area contributed by atoms with E-state index < -0.39 is 11.7 Å². The Kier molecular flexibility index (Phi) is 7.61. The number of alkyl halides is 3. The van der Waals surface area contributed by atoms with Gasteiger partial charge in [-0.1, -0.05) is 35.9 Å². The van der Waals surface area contributed by atoms with Crippen LogP contribution in [-0.2, 0) is 17.5 Å². The van der Waals surface area contributed by atoms with Gasteiger partial charge in [0.2, 0.25) is 5.91 Å². The number of rotatable bonds is 9. The summed E-state index contributed by atoms with van der Waals surface area (Å²) in [5.74, 6) is -0.609. The van der Waals surface area contributed by atoms with Crippen molar-refractivity contribution in [3.05, 3.63) is 75.8 Å². The number of carbonyl (C=O) groups excluding carboxylic acids is 2. The van der Waals surface area contributed by atoms with E-state index in [-0.39, 0.29) is 43.1 Å². The third-order valence-electron chi connectivity index (χ3n) is 5.41. The van der Waals surface area contributed by atoms with Gasteiger partial charge in [0.15, 0.2) is 5.13 Å². The number of carbonyl (C=O) groups is 2. The number of halogens is 4. The van der Waals surface area contributed by atoms with Crippen molar-refractivity contribution in [2.24, 2.45) is 0 Å². The Morgan fingerprint density at radius 2 is 1.91 bits per heavy atom. The van der Waals surface area contributed by atoms with E-state index in [0.29, 0.717) is 21.4 Å². The molecule has 0 radical (unpaired) electrons. The fourth-order valence-corrected chi connectivity index (χ4v) is 4.34. The molecule has 2 amide bonds. The van der Waals surface area contributed by atoms with Crippen LogP contribution in [-0.4, -0.2) is 34.3 Å². The normalized spacial score (nSPS) is 13.4. The predicted molar refractivity (Wildman–Crippen MR) is 129 cm³/mol. The molecule has 3 aromatic rings. The van der Waals surface area contributed by atoms with Crippen LogP contribution < -0.4 is 10.6 Å². The van der Waals surface area contributed by atoms with Gasteiger partial charge in [0, 0.05) is 30.9 Å². The highest BCUT2D eigenvalue weighted by molar-refractivity contribution is 7.14. The number of hydrogen-bond acceptors (Lipinski definition) is 5. The van der Waals surface area contributed by atoms with Crippen molar-refractivity contribution in [1.29, 1.82) is 0 Å². The average molecular weight is 523 g/mol. The fraction of sp³-hybridized carbons (Fsp3) is 0.292. The molecule has 2 aromatic carbocycles. The molecule has 0 saturated heterocycles. The summed E-state index contributed by atoms with van der Waals surface area (Å²) in [5.41, 5.74) is 0.547. The number of nitrogens with one attached hydrogen (secondary N) is 2. The SMILES string of the molecule is O=C(CCN(C(=O)c1csc(Nc2ccccc2Cl)n1)C1CC1)NCc1cccc(C(F)(F)F)c1. The van der Waals surface area contributed by atoms with Gasteiger partial charge in [-0.2, -0.15) is 13.2 Å². The Balaban J connectivity index is 1.32. The van der Waals surface area contributed by atoms with Gasteiger partial charge in [0.25, 0.3) is 5.91 Å². The van der Waals surface area contributed by atoms with Gasteiger partial charge in [-0.25, -0.2) is 4.98 Å². The van der Waals surface area contributed by atoms with E-state index in [1.54, 1.807) is 22.4 Å². The summed E-state index contributed by atoms with van der Waals surface area (Å²) >= 11 is 7.43. The summed E-state index contributed by atoms with van der Waals surface area (Å²) in [4.78, 5) is 31.4. The summed E-state index contributed by atoms with van der Waals surface area (Å²) in [6, 6.07) is 12.1. The molecule has 1 saturated carbocycles. The van der Waals surface area contributed by atoms with Gasteiger partial charge in [-0.05, 0) is 42.7 Å². The van der Waals surface area contributed by atoms with Gasteiger partial charge >= 0.3 is 6.18 Å². The molecule has 0 unspecified atom stereocenters. The second-order valence-corrected chi connectivity index (χ2v) is 9.36. The quantitative estimate of drug-likeness (QED) is 0.368. The first-order chi connectivity index (χ1) is 16.7. The van der Waals surface area contributed by atoms with E-state index in [0.717, 1.165) is 25.0 Å². The van der Waals surface area contributed by atoms with Crippen molar-refractivity contribution in [2.75, 3.05) is 11.9 Å². The zero-order valence-corrected chi connectivity index (χ0v) is 20.0. The summed E-state index contributed by atoms with van der Waals surface area (Å²) in [6.45, 7) is 0.173. The molecule has 184 valence electrons. The number of amides is 2. The van der Waals surface area contributed by atoms with E-state index in [1.807, 2.05) is 12.1 Å². The van der Waals surface area contributed by atoms with Crippen molar-refractivity contribution in [3.8, 4) is 0 Å². The molecular weight excluding hydrogens is 501 g/mol. The second kappa shape index (κ2) is 10.7. The average Bonchev–Trinajstić information content (AvgIpc) is 3.56. The summed E-state index contributed by atoms with van der Waals surface area (Å²) in [7, 11) is 0. The maximum Gasteiger partial charge on any atom is 0.416 e. The molecule has 1 aromatic heterocycles. The van der Waals surface area contributed by atoms with Crippen LogP contribution in [0.1, 0.15) is 40.9 Å². The highest BCUT2D eigenvalue weighted by Gasteiger charge is 2.34. The van der Waals surface area contributed by atoms with Crippen LogP contribution in [0.4, 0.5) is 24.0 Å². The standard InChI is InChI=1S/C24H22ClF3N4O2S/c25-18-6-1-2-7-19(18)30-23-31-20(14-35-23)22(34)32(17-8-9-17)11-10-21(33)29-13-15-4-3-5-16(12-15)24(26,27)28/h1-7,12,14,17H,8-11,13H2,(H,29,33)(H,30,31). The Bertz CT molecular complexity index is 1210. The van der Waals surface area contributed by atoms with Crippen LogP contribution in [0.15, 0.2) is 53.9 Å². The number of para-hydroxylation sites is 1. The molecule has 1 heterocycles. The molecular formula is C24H22ClF3N4O2S. The molecule has 11 heteroatoms. The monoisotopic (exact) mass is 522 g/mol. The number of aromatic nitrogens is 1. The van der Waals surface area contributed by atoms with Gasteiger partial charge in [0.1, 0.15) is 5.69 Å². The summed E-state index contributed by atoms with van der Waals surface area (Å²) in [6.07, 6.45) is -2.70. The van der Waals surface area contributed by atoms with E-state index in [9.17, 15) is 22.8 Å². The van der Waals surface area contributed by atoms with Gasteiger partial charge in [0.05, 0.1) is 16.3 Å². The summed E-state index contributed by atoms with van der Waals surface area (Å²) in [5, 5.41) is 8.44. The number of anilines is 2. The third-order valence-corrected chi connectivity index (χ3v) is 6.50. The minimum absolute atomic E-state index is 0.0245. The Labute approximate surface area is 209 Å². The van der Waals surface area contributed by atoms with Crippen molar-refractivity contribution in [2.45, 2.75) is 38.0 Å². The van der Waals surface area contributed by atoms with Crippen LogP contribution in [0.3, 0.4) is 0 Å². The lowest BCUT2D eigenvalue weighted by molar-refractivity contribution is -0.137. The molecule has 0 aliphatic heterocycles. The van der Waals surface area contributed by atoms with Gasteiger partial charge < -0.3 is 15.5 Å². The first kappa shape index (κ1) is 25.0. The zero-order valence-electron chi connectivity index (χ0n) is 18.4. The van der Waals surface area contributed by atoms with Crippen LogP contribution in [0.25, 0.3) is 0 Å². The first-order valence-corrected chi connectivity index (χ1v) is 12.2. The molecule has 1 aliphatic carbocycles. The van der Waals surface area contributed by atoms with E-state index in [2.05, 4.69) is 15.6 Å². The predicted octanol–water partition coefficient (Wildman–Crippen LogP) is 5.87. The first-order valence-electron chi connectivity index (χ1n) is 10.9. The van der Waals surface area contributed by atoms with Crippen LogP contribution in [0.2, 0.25) is 5.02 Å². The lowest BCUT2D eigenvalue weighted by atomic mass is 10.1. The van der Waals surface area contributed by atoms with E-state index in [1.165, 1.54) is 23.5 Å². The maximum atomic E-state index is 13.1. The van der Waals surface area contributed by atoms with Gasteiger partial charge in [-0.15, -0.1) is 11.3 Å². The van der Waals surface area contributed by atoms with Crippen molar-refractivity contribution in [3.63, 3.8) is 0 Å². The topological polar surface area (TPSA) is 74.3 Å². The Hall–Kier alpha value is -3.11. The molecule has 0 spiro atoms. The largest absolute Gasteiger partial charge is 0.416 e. The number of thiazole rings is 1. The number of nitrogens with zero attached hydrogens (tertiary/aromatic N) is 2. The smallest absolute Gasteiger partial charge is 0.352 e. The lowest BCUT2D eigenvalue weighted by Crippen LogP contribution is -2.37. The highest BCUT2D eigenvalue weighted by Crippen LogP contribution is 2.31. The van der Waals surface area contributed by atoms with E-state index >= 15 is 0 Å². The molecule has 1 fully saturated rings. The van der Waals surface area contributed by atoms with Crippen molar-refractivity contribution >= 4 is 45.6 Å². The minimum Gasteiger partial charge on any atom is -0.352 e. The van der Waals surface area contributed by atoms with Crippen molar-refractivity contribution < 1.29 is 22.8 Å². The van der Waals surface area contributed by atoms with Gasteiger partial charge in [-0.3, -0.25) is 9.59 Å². The molecule has 35 heavy (non-hydrogen) atoms. The molecule has 0 bridgehead atoms. The molecule has 6 nitrogen and oxygen atoms in total. The molecule has 1 aliphatic rings. The Morgan fingerprint density at radius 3 is 2.63 bits per heavy atom. The van der Waals surface area contributed by atoms with Crippen LogP contribution >= 0.6 is 22.9 Å². The highest BCUT2D eigenvalue weighted by atomic mass is 35.5. The van der Waals surface area contributed by atoms with Crippen molar-refractivity contribution in [1.82, 2.24) is 15.2 Å². The molecule has 0 atom stereocenters. The summed E-state index contributed by atoms with van der Waals surface area (Å²) < 4.78 is 38.6. The zero-order chi connectivity index (χ0) is 25.0. The maximum absolute atomic E-state index is 13.1. The number of hydrogen-bond donors (Lipinski definition) is 2. The number of benzene rings is 2. The van der Waals surface area contributed by atoms with Crippen LogP contribution in [0.5, 0.6) is 0 Å². The van der Waals surface area contributed by atoms with E-state index in [4.69, 9.17) is 11.6 Å². The Morgan fingerprint density at radius 1 is 1.14 bits per heavy atom. The molecule has 4 rings (SSSR count). The fourth-order valence-electron chi connectivity index (χ4n) is 3.46. The lowest BCUT2D eigenvalue weighted by Gasteiger charge is -2.21. The molecule has 2 N–H and O–H groups in total. The third kappa shape index (κ3) is 6.73.